The summed E-state index contributed by atoms with van der Waals surface area (Å²) in [6.45, 7) is 2.97. The number of rotatable bonds is 5. The summed E-state index contributed by atoms with van der Waals surface area (Å²) < 4.78 is 34.1. The summed E-state index contributed by atoms with van der Waals surface area (Å²) in [6, 6.07) is 19.3. The van der Waals surface area contributed by atoms with Gasteiger partial charge in [0.05, 0.1) is 11.5 Å². The summed E-state index contributed by atoms with van der Waals surface area (Å²) in [5, 5.41) is 9.64. The molecule has 0 saturated carbocycles. The van der Waals surface area contributed by atoms with Gasteiger partial charge in [-0.1, -0.05) is 36.4 Å². The number of hydrogen-bond acceptors (Lipinski definition) is 4. The number of benzene rings is 3. The number of sulfonamides is 1. The van der Waals surface area contributed by atoms with Crippen LogP contribution < -0.4 is 10.5 Å². The van der Waals surface area contributed by atoms with Gasteiger partial charge in [-0.15, -0.1) is 12.4 Å². The molecule has 0 aliphatic carbocycles. The number of hydrogen-bond donors (Lipinski definition) is 2. The number of nitrogens with zero attached hydrogens (tertiary/aromatic N) is 2. The molecule has 9 heteroatoms. The first kappa shape index (κ1) is 25.3. The summed E-state index contributed by atoms with van der Waals surface area (Å²) in [7, 11) is -3.51. The van der Waals surface area contributed by atoms with Crippen molar-refractivity contribution in [2.24, 2.45) is 11.7 Å². The van der Waals surface area contributed by atoms with Gasteiger partial charge in [-0.3, -0.25) is 5.41 Å². The smallest absolute Gasteiger partial charge is 0.243 e. The Labute approximate surface area is 212 Å². The maximum Gasteiger partial charge on any atom is 0.243 e. The number of ether oxygens (including phenoxy) is 1. The molecule has 0 unspecified atom stereocenters. The molecule has 35 heavy (non-hydrogen) atoms. The summed E-state index contributed by atoms with van der Waals surface area (Å²) in [6.07, 6.45) is 2.42. The van der Waals surface area contributed by atoms with E-state index in [0.29, 0.717) is 37.1 Å². The van der Waals surface area contributed by atoms with E-state index >= 15 is 0 Å². The van der Waals surface area contributed by atoms with Crippen LogP contribution in [0.15, 0.2) is 65.6 Å². The lowest BCUT2D eigenvalue weighted by Gasteiger charge is -2.31. The zero-order valence-corrected chi connectivity index (χ0v) is 21.2. The van der Waals surface area contributed by atoms with Crippen LogP contribution in [0.1, 0.15) is 24.0 Å². The van der Waals surface area contributed by atoms with Crippen LogP contribution in [-0.2, 0) is 23.0 Å². The number of guanidine groups is 1. The number of nitrogens with one attached hydrogen (secondary N) is 1. The van der Waals surface area contributed by atoms with Crippen LogP contribution in [0.25, 0.3) is 10.8 Å². The molecule has 3 N–H and O–H groups in total. The molecule has 1 saturated heterocycles. The topological polar surface area (TPSA) is 99.7 Å². The standard InChI is InChI=1S/C26H30N4O3S.ClH/c27-26(28)29-12-11-21-5-7-24(15-23(21)17-29)33-18-19-9-13-30(14-10-19)34(31,32)25-8-6-20-3-1-2-4-22(20)16-25;/h1-8,15-16,19H,9-14,17-18H2,(H3,27,28);1H. The highest BCUT2D eigenvalue weighted by atomic mass is 35.5. The van der Waals surface area contributed by atoms with Gasteiger partial charge in [0, 0.05) is 26.2 Å². The van der Waals surface area contributed by atoms with Crippen molar-refractivity contribution >= 4 is 39.2 Å². The minimum absolute atomic E-state index is 0. The van der Waals surface area contributed by atoms with Gasteiger partial charge in [-0.25, -0.2) is 8.42 Å². The van der Waals surface area contributed by atoms with Crippen molar-refractivity contribution in [3.05, 3.63) is 71.8 Å². The van der Waals surface area contributed by atoms with Crippen LogP contribution in [0.2, 0.25) is 0 Å². The zero-order chi connectivity index (χ0) is 23.7. The Hall–Kier alpha value is -2.81. The van der Waals surface area contributed by atoms with E-state index in [-0.39, 0.29) is 18.4 Å². The van der Waals surface area contributed by atoms with E-state index in [0.717, 1.165) is 47.9 Å². The lowest BCUT2D eigenvalue weighted by molar-refractivity contribution is 0.185. The molecule has 3 aromatic rings. The second-order valence-electron chi connectivity index (χ2n) is 9.15. The average molecular weight is 515 g/mol. The van der Waals surface area contributed by atoms with Gasteiger partial charge in [0.15, 0.2) is 5.96 Å². The normalized spacial score (nSPS) is 17.0. The van der Waals surface area contributed by atoms with E-state index in [1.807, 2.05) is 47.4 Å². The predicted octanol–water partition coefficient (Wildman–Crippen LogP) is 3.99. The van der Waals surface area contributed by atoms with Crippen molar-refractivity contribution in [1.29, 1.82) is 5.41 Å². The molecule has 186 valence electrons. The molecule has 1 fully saturated rings. The molecule has 2 aliphatic heterocycles. The van der Waals surface area contributed by atoms with Gasteiger partial charge in [-0.05, 0) is 71.3 Å². The fourth-order valence-corrected chi connectivity index (χ4v) is 6.34. The molecular formula is C26H31ClN4O3S. The summed E-state index contributed by atoms with van der Waals surface area (Å²) in [5.41, 5.74) is 8.08. The monoisotopic (exact) mass is 514 g/mol. The van der Waals surface area contributed by atoms with Gasteiger partial charge < -0.3 is 15.4 Å². The summed E-state index contributed by atoms with van der Waals surface area (Å²) in [5.74, 6) is 1.23. The van der Waals surface area contributed by atoms with Crippen LogP contribution in [-0.4, -0.2) is 49.8 Å². The third-order valence-electron chi connectivity index (χ3n) is 6.95. The third-order valence-corrected chi connectivity index (χ3v) is 8.84. The van der Waals surface area contributed by atoms with Crippen molar-refractivity contribution in [3.63, 3.8) is 0 Å². The van der Waals surface area contributed by atoms with Crippen molar-refractivity contribution in [3.8, 4) is 5.75 Å². The van der Waals surface area contributed by atoms with Crippen molar-refractivity contribution in [2.45, 2.75) is 30.7 Å². The molecule has 0 bridgehead atoms. The maximum atomic E-state index is 13.2. The number of halogens is 1. The molecule has 3 aromatic carbocycles. The molecule has 0 atom stereocenters. The Bertz CT molecular complexity index is 1320. The Morgan fingerprint density at radius 2 is 1.71 bits per heavy atom. The Morgan fingerprint density at radius 1 is 0.971 bits per heavy atom. The van der Waals surface area contributed by atoms with Crippen LogP contribution >= 0.6 is 12.4 Å². The largest absolute Gasteiger partial charge is 0.493 e. The Kier molecular flexibility index (Phi) is 7.54. The molecule has 0 aromatic heterocycles. The van der Waals surface area contributed by atoms with Gasteiger partial charge in [0.2, 0.25) is 10.0 Å². The van der Waals surface area contributed by atoms with Gasteiger partial charge >= 0.3 is 0 Å². The van der Waals surface area contributed by atoms with E-state index < -0.39 is 10.0 Å². The number of piperidine rings is 1. The van der Waals surface area contributed by atoms with Crippen LogP contribution in [0.4, 0.5) is 0 Å². The average Bonchev–Trinajstić information content (AvgIpc) is 2.87. The molecular weight excluding hydrogens is 484 g/mol. The molecule has 2 heterocycles. The van der Waals surface area contributed by atoms with Gasteiger partial charge in [-0.2, -0.15) is 4.31 Å². The fraction of sp³-hybridized carbons (Fsp3) is 0.346. The quantitative estimate of drug-likeness (QED) is 0.396. The third kappa shape index (κ3) is 5.39. The highest BCUT2D eigenvalue weighted by Gasteiger charge is 2.30. The second kappa shape index (κ2) is 10.4. The second-order valence-corrected chi connectivity index (χ2v) is 11.1. The first-order valence-electron chi connectivity index (χ1n) is 11.7. The molecule has 2 aliphatic rings. The number of nitrogens with two attached hydrogens (primary N) is 1. The van der Waals surface area contributed by atoms with E-state index in [1.165, 1.54) is 5.56 Å². The lowest BCUT2D eigenvalue weighted by atomic mass is 9.98. The fourth-order valence-electron chi connectivity index (χ4n) is 4.84. The Morgan fingerprint density at radius 3 is 2.46 bits per heavy atom. The van der Waals surface area contributed by atoms with Crippen molar-refractivity contribution in [1.82, 2.24) is 9.21 Å². The van der Waals surface area contributed by atoms with E-state index in [1.54, 1.807) is 16.4 Å². The molecule has 0 amide bonds. The summed E-state index contributed by atoms with van der Waals surface area (Å²) in [4.78, 5) is 2.22. The number of fused-ring (bicyclic) bond motifs is 2. The maximum absolute atomic E-state index is 13.2. The lowest BCUT2D eigenvalue weighted by Crippen LogP contribution is -2.40. The van der Waals surface area contributed by atoms with E-state index in [4.69, 9.17) is 15.9 Å². The minimum Gasteiger partial charge on any atom is -0.493 e. The molecule has 0 radical (unpaired) electrons. The first-order valence-corrected chi connectivity index (χ1v) is 13.2. The molecule has 7 nitrogen and oxygen atoms in total. The predicted molar refractivity (Wildman–Crippen MR) is 141 cm³/mol. The van der Waals surface area contributed by atoms with Crippen LogP contribution in [0.3, 0.4) is 0 Å². The van der Waals surface area contributed by atoms with Crippen LogP contribution in [0.5, 0.6) is 5.75 Å². The van der Waals surface area contributed by atoms with Gasteiger partial charge in [0.1, 0.15) is 5.75 Å². The SMILES string of the molecule is Cl.N=C(N)N1CCc2ccc(OCC3CCN(S(=O)(=O)c4ccc5ccccc5c4)CC3)cc2C1. The first-order chi connectivity index (χ1) is 16.4. The van der Waals surface area contributed by atoms with Crippen molar-refractivity contribution in [2.75, 3.05) is 26.2 Å². The van der Waals surface area contributed by atoms with E-state index in [2.05, 4.69) is 6.07 Å². The highest BCUT2D eigenvalue weighted by Crippen LogP contribution is 2.28. The molecule has 5 rings (SSSR count). The van der Waals surface area contributed by atoms with Gasteiger partial charge in [0.25, 0.3) is 0 Å². The Balaban J connectivity index is 0.00000289. The zero-order valence-electron chi connectivity index (χ0n) is 19.5. The van der Waals surface area contributed by atoms with Crippen LogP contribution in [0, 0.1) is 11.3 Å². The molecule has 0 spiro atoms. The highest BCUT2D eigenvalue weighted by molar-refractivity contribution is 7.89. The van der Waals surface area contributed by atoms with Crippen molar-refractivity contribution < 1.29 is 13.2 Å². The minimum atomic E-state index is -3.51. The van der Waals surface area contributed by atoms with E-state index in [9.17, 15) is 8.42 Å². The summed E-state index contributed by atoms with van der Waals surface area (Å²) >= 11 is 0.